The van der Waals surface area contributed by atoms with Crippen LogP contribution in [0.5, 0.6) is 0 Å². The Bertz CT molecular complexity index is 679. The zero-order valence-corrected chi connectivity index (χ0v) is 11.2. The summed E-state index contributed by atoms with van der Waals surface area (Å²) in [7, 11) is 0. The van der Waals surface area contributed by atoms with E-state index in [-0.39, 0.29) is 11.3 Å². The first kappa shape index (κ1) is 13.2. The Kier molecular flexibility index (Phi) is 3.93. The quantitative estimate of drug-likeness (QED) is 0.917. The molecule has 1 N–H and O–H groups in total. The largest absolute Gasteiger partial charge is 0.321 e. The fraction of sp³-hybridized carbons (Fsp3) is 0. The zero-order valence-electron chi connectivity index (χ0n) is 9.65. The molecule has 0 saturated carbocycles. The lowest BCUT2D eigenvalue weighted by molar-refractivity contribution is 0.102. The molecule has 0 spiro atoms. The van der Waals surface area contributed by atoms with Gasteiger partial charge in [-0.3, -0.25) is 4.79 Å². The molecule has 0 atom stereocenters. The number of hydrogen-bond acceptors (Lipinski definition) is 2. The zero-order chi connectivity index (χ0) is 13.8. The lowest BCUT2D eigenvalue weighted by Gasteiger charge is -2.07. The summed E-state index contributed by atoms with van der Waals surface area (Å²) in [6, 6.07) is 12.6. The highest BCUT2D eigenvalue weighted by atomic mass is 79.9. The maximum Gasteiger partial charge on any atom is 0.255 e. The minimum atomic E-state index is -0.658. The Balaban J connectivity index is 2.30. The van der Waals surface area contributed by atoms with Crippen LogP contribution >= 0.6 is 15.9 Å². The van der Waals surface area contributed by atoms with Crippen LogP contribution in [0.3, 0.4) is 0 Å². The molecular formula is C14H8BrFN2O. The van der Waals surface area contributed by atoms with Gasteiger partial charge in [-0.1, -0.05) is 28.1 Å². The first-order chi connectivity index (χ1) is 9.11. The predicted molar refractivity (Wildman–Crippen MR) is 73.2 cm³/mol. The summed E-state index contributed by atoms with van der Waals surface area (Å²) in [5.74, 6) is -1.06. The summed E-state index contributed by atoms with van der Waals surface area (Å²) in [5.41, 5.74) is 0.404. The highest BCUT2D eigenvalue weighted by Gasteiger charge is 2.12. The number of carbonyl (C=O) groups is 1. The Hall–Kier alpha value is -2.19. The fourth-order valence-corrected chi connectivity index (χ4v) is 1.97. The van der Waals surface area contributed by atoms with Crippen LogP contribution in [0.4, 0.5) is 10.1 Å². The van der Waals surface area contributed by atoms with Crippen LogP contribution in [0.1, 0.15) is 15.9 Å². The SMILES string of the molecule is N#Cc1c(F)cccc1NC(=O)c1cccc(Br)c1. The molecule has 5 heteroatoms. The topological polar surface area (TPSA) is 52.9 Å². The number of rotatable bonds is 2. The van der Waals surface area contributed by atoms with E-state index in [0.717, 1.165) is 4.47 Å². The van der Waals surface area contributed by atoms with Gasteiger partial charge in [0.2, 0.25) is 0 Å². The minimum Gasteiger partial charge on any atom is -0.321 e. The summed E-state index contributed by atoms with van der Waals surface area (Å²) in [5, 5.41) is 11.4. The van der Waals surface area contributed by atoms with Crippen molar-refractivity contribution in [1.82, 2.24) is 0 Å². The smallest absolute Gasteiger partial charge is 0.255 e. The van der Waals surface area contributed by atoms with Gasteiger partial charge in [0.05, 0.1) is 5.69 Å². The number of carbonyl (C=O) groups excluding carboxylic acids is 1. The van der Waals surface area contributed by atoms with E-state index in [1.807, 2.05) is 0 Å². The first-order valence-corrected chi connectivity index (χ1v) is 6.16. The Morgan fingerprint density at radius 2 is 2.00 bits per heavy atom. The van der Waals surface area contributed by atoms with E-state index in [1.165, 1.54) is 18.2 Å². The molecule has 0 unspecified atom stereocenters. The third-order valence-corrected chi connectivity index (χ3v) is 2.95. The normalized spacial score (nSPS) is 9.74. The van der Waals surface area contributed by atoms with Crippen molar-refractivity contribution in [2.24, 2.45) is 0 Å². The van der Waals surface area contributed by atoms with Gasteiger partial charge in [0.15, 0.2) is 0 Å². The van der Waals surface area contributed by atoms with Crippen LogP contribution in [-0.4, -0.2) is 5.91 Å². The van der Waals surface area contributed by atoms with Crippen LogP contribution in [0, 0.1) is 17.1 Å². The Labute approximate surface area is 117 Å². The standard InChI is InChI=1S/C14H8BrFN2O/c15-10-4-1-3-9(7-10)14(19)18-13-6-2-5-12(16)11(13)8-17/h1-7H,(H,18,19). The minimum absolute atomic E-state index is 0.160. The number of hydrogen-bond donors (Lipinski definition) is 1. The highest BCUT2D eigenvalue weighted by Crippen LogP contribution is 2.19. The average Bonchev–Trinajstić information content (AvgIpc) is 2.39. The van der Waals surface area contributed by atoms with Gasteiger partial charge in [0.1, 0.15) is 17.4 Å². The van der Waals surface area contributed by atoms with Gasteiger partial charge in [-0.05, 0) is 30.3 Å². The molecule has 0 aliphatic heterocycles. The van der Waals surface area contributed by atoms with Crippen molar-refractivity contribution in [1.29, 1.82) is 5.26 Å². The van der Waals surface area contributed by atoms with E-state index >= 15 is 0 Å². The number of halogens is 2. The molecular weight excluding hydrogens is 311 g/mol. The van der Waals surface area contributed by atoms with E-state index in [0.29, 0.717) is 5.56 Å². The monoisotopic (exact) mass is 318 g/mol. The second-order valence-electron chi connectivity index (χ2n) is 3.74. The summed E-state index contributed by atoms with van der Waals surface area (Å²) < 4.78 is 14.1. The molecule has 2 rings (SSSR count). The highest BCUT2D eigenvalue weighted by molar-refractivity contribution is 9.10. The molecule has 0 fully saturated rings. The number of nitrogens with one attached hydrogen (secondary N) is 1. The van der Waals surface area contributed by atoms with Crippen LogP contribution < -0.4 is 5.32 Å². The van der Waals surface area contributed by atoms with Crippen molar-refractivity contribution in [2.75, 3.05) is 5.32 Å². The number of anilines is 1. The van der Waals surface area contributed by atoms with Gasteiger partial charge in [-0.2, -0.15) is 5.26 Å². The van der Waals surface area contributed by atoms with Gasteiger partial charge < -0.3 is 5.32 Å². The maximum atomic E-state index is 13.4. The van der Waals surface area contributed by atoms with Crippen molar-refractivity contribution in [3.63, 3.8) is 0 Å². The molecule has 0 aliphatic carbocycles. The lowest BCUT2D eigenvalue weighted by atomic mass is 10.1. The number of benzene rings is 2. The molecule has 0 bridgehead atoms. The fourth-order valence-electron chi connectivity index (χ4n) is 1.57. The van der Waals surface area contributed by atoms with Crippen molar-refractivity contribution in [3.05, 3.63) is 63.9 Å². The summed E-state index contributed by atoms with van der Waals surface area (Å²) >= 11 is 3.26. The molecule has 3 nitrogen and oxygen atoms in total. The van der Waals surface area contributed by atoms with E-state index in [4.69, 9.17) is 5.26 Å². The van der Waals surface area contributed by atoms with Crippen LogP contribution in [0.25, 0.3) is 0 Å². The Morgan fingerprint density at radius 3 is 2.68 bits per heavy atom. The van der Waals surface area contributed by atoms with Crippen LogP contribution in [0.15, 0.2) is 46.9 Å². The second-order valence-corrected chi connectivity index (χ2v) is 4.65. The molecule has 1 amide bonds. The van der Waals surface area contributed by atoms with Crippen molar-refractivity contribution >= 4 is 27.5 Å². The molecule has 2 aromatic rings. The molecule has 19 heavy (non-hydrogen) atoms. The van der Waals surface area contributed by atoms with Crippen molar-refractivity contribution in [2.45, 2.75) is 0 Å². The van der Waals surface area contributed by atoms with Crippen LogP contribution in [0.2, 0.25) is 0 Å². The summed E-state index contributed by atoms with van der Waals surface area (Å²) in [6.45, 7) is 0. The summed E-state index contributed by atoms with van der Waals surface area (Å²) in [6.07, 6.45) is 0. The average molecular weight is 319 g/mol. The van der Waals surface area contributed by atoms with E-state index in [1.54, 1.807) is 30.3 Å². The van der Waals surface area contributed by atoms with Crippen molar-refractivity contribution in [3.8, 4) is 6.07 Å². The van der Waals surface area contributed by atoms with E-state index < -0.39 is 11.7 Å². The first-order valence-electron chi connectivity index (χ1n) is 5.37. The van der Waals surface area contributed by atoms with E-state index in [9.17, 15) is 9.18 Å². The second kappa shape index (κ2) is 5.63. The lowest BCUT2D eigenvalue weighted by Crippen LogP contribution is -2.13. The third-order valence-electron chi connectivity index (χ3n) is 2.46. The number of amides is 1. The van der Waals surface area contributed by atoms with Crippen molar-refractivity contribution < 1.29 is 9.18 Å². The molecule has 94 valence electrons. The molecule has 0 aliphatic rings. The van der Waals surface area contributed by atoms with Crippen LogP contribution in [-0.2, 0) is 0 Å². The third kappa shape index (κ3) is 2.98. The van der Waals surface area contributed by atoms with Gasteiger partial charge in [0, 0.05) is 10.0 Å². The van der Waals surface area contributed by atoms with Gasteiger partial charge in [-0.25, -0.2) is 4.39 Å². The number of nitriles is 1. The Morgan fingerprint density at radius 1 is 1.26 bits per heavy atom. The molecule has 0 heterocycles. The molecule has 0 radical (unpaired) electrons. The maximum absolute atomic E-state index is 13.4. The summed E-state index contributed by atoms with van der Waals surface area (Å²) in [4.78, 5) is 12.0. The molecule has 0 aromatic heterocycles. The van der Waals surface area contributed by atoms with Gasteiger partial charge in [-0.15, -0.1) is 0 Å². The van der Waals surface area contributed by atoms with E-state index in [2.05, 4.69) is 21.2 Å². The predicted octanol–water partition coefficient (Wildman–Crippen LogP) is 3.71. The molecule has 0 saturated heterocycles. The molecule has 2 aromatic carbocycles. The van der Waals surface area contributed by atoms with Gasteiger partial charge in [0.25, 0.3) is 5.91 Å². The number of nitrogens with zero attached hydrogens (tertiary/aromatic N) is 1. The van der Waals surface area contributed by atoms with Gasteiger partial charge >= 0.3 is 0 Å².